The average molecular weight is 397 g/mol. The van der Waals surface area contributed by atoms with Crippen molar-refractivity contribution < 1.29 is 14.7 Å². The van der Waals surface area contributed by atoms with E-state index >= 15 is 0 Å². The Morgan fingerprint density at radius 2 is 1.86 bits per heavy atom. The molecule has 0 spiro atoms. The van der Waals surface area contributed by atoms with Crippen LogP contribution in [0.15, 0.2) is 30.5 Å². The third-order valence-corrected chi connectivity index (χ3v) is 3.76. The van der Waals surface area contributed by atoms with Gasteiger partial charge in [-0.3, -0.25) is 4.79 Å². The summed E-state index contributed by atoms with van der Waals surface area (Å²) >= 11 is 0. The Kier molecular flexibility index (Phi) is 8.19. The van der Waals surface area contributed by atoms with Gasteiger partial charge in [-0.1, -0.05) is 6.92 Å². The highest BCUT2D eigenvalue weighted by molar-refractivity contribution is 5.98. The number of carbonyl (C=O) groups is 2. The van der Waals surface area contributed by atoms with Gasteiger partial charge in [-0.05, 0) is 37.1 Å². The highest BCUT2D eigenvalue weighted by atomic mass is 16.4. The lowest BCUT2D eigenvalue weighted by atomic mass is 10.2. The van der Waals surface area contributed by atoms with Crippen molar-refractivity contribution in [1.29, 1.82) is 5.26 Å². The maximum Gasteiger partial charge on any atom is 0.404 e. The minimum Gasteiger partial charge on any atom is -0.465 e. The Bertz CT molecular complexity index is 878. The van der Waals surface area contributed by atoms with Gasteiger partial charge in [0.15, 0.2) is 0 Å². The smallest absolute Gasteiger partial charge is 0.404 e. The molecule has 0 aliphatic carbocycles. The molecule has 5 N–H and O–H groups in total. The predicted molar refractivity (Wildman–Crippen MR) is 108 cm³/mol. The molecule has 0 bridgehead atoms. The molecular weight excluding hydrogens is 374 g/mol. The highest BCUT2D eigenvalue weighted by Gasteiger charge is 2.14. The number of amides is 2. The topological polar surface area (TPSA) is 152 Å². The van der Waals surface area contributed by atoms with Crippen molar-refractivity contribution in [2.45, 2.75) is 19.8 Å². The van der Waals surface area contributed by atoms with Crippen LogP contribution in [0.5, 0.6) is 0 Å². The summed E-state index contributed by atoms with van der Waals surface area (Å²) in [6.07, 6.45) is 1.65. The summed E-state index contributed by atoms with van der Waals surface area (Å²) in [5.74, 6) is 0.374. The molecule has 29 heavy (non-hydrogen) atoms. The van der Waals surface area contributed by atoms with Crippen LogP contribution in [0, 0.1) is 11.3 Å². The summed E-state index contributed by atoms with van der Waals surface area (Å²) < 4.78 is 0. The molecule has 2 aromatic rings. The molecule has 1 heterocycles. The van der Waals surface area contributed by atoms with E-state index in [1.807, 2.05) is 6.92 Å². The Morgan fingerprint density at radius 1 is 1.14 bits per heavy atom. The summed E-state index contributed by atoms with van der Waals surface area (Å²) in [6, 6.07) is 8.90. The molecule has 0 radical (unpaired) electrons. The van der Waals surface area contributed by atoms with Crippen LogP contribution >= 0.6 is 0 Å². The predicted octanol–water partition coefficient (Wildman–Crippen LogP) is 2.30. The van der Waals surface area contributed by atoms with Crippen LogP contribution in [0.2, 0.25) is 0 Å². The molecule has 1 aromatic carbocycles. The van der Waals surface area contributed by atoms with E-state index in [2.05, 4.69) is 37.3 Å². The number of rotatable bonds is 10. The molecule has 2 amide bonds. The first kappa shape index (κ1) is 21.4. The van der Waals surface area contributed by atoms with Crippen LogP contribution in [0.4, 0.5) is 22.2 Å². The molecule has 0 atom stereocenters. The van der Waals surface area contributed by atoms with Crippen molar-refractivity contribution >= 4 is 29.5 Å². The normalized spacial score (nSPS) is 9.93. The molecule has 0 saturated heterocycles. The maximum absolute atomic E-state index is 12.4. The third-order valence-electron chi connectivity index (χ3n) is 3.76. The van der Waals surface area contributed by atoms with Crippen molar-refractivity contribution in [1.82, 2.24) is 20.6 Å². The minimum absolute atomic E-state index is 0.251. The number of nitrogens with zero attached hydrogens (tertiary/aromatic N) is 3. The summed E-state index contributed by atoms with van der Waals surface area (Å²) in [4.78, 5) is 31.4. The van der Waals surface area contributed by atoms with Gasteiger partial charge in [0.1, 0.15) is 11.4 Å². The Morgan fingerprint density at radius 3 is 2.52 bits per heavy atom. The summed E-state index contributed by atoms with van der Waals surface area (Å²) in [5.41, 5.74) is 1.57. The maximum atomic E-state index is 12.4. The Labute approximate surface area is 168 Å². The fourth-order valence-electron chi connectivity index (χ4n) is 2.32. The van der Waals surface area contributed by atoms with Crippen LogP contribution in [-0.2, 0) is 0 Å². The first-order valence-corrected chi connectivity index (χ1v) is 9.16. The molecule has 0 saturated carbocycles. The highest BCUT2D eigenvalue weighted by Crippen LogP contribution is 2.18. The summed E-state index contributed by atoms with van der Waals surface area (Å²) in [7, 11) is 0. The molecule has 0 aliphatic heterocycles. The van der Waals surface area contributed by atoms with Gasteiger partial charge in [0.05, 0.1) is 11.6 Å². The van der Waals surface area contributed by atoms with E-state index in [1.54, 1.807) is 24.3 Å². The van der Waals surface area contributed by atoms with Gasteiger partial charge >= 0.3 is 6.09 Å². The number of hydrogen-bond donors (Lipinski definition) is 5. The molecule has 1 aromatic heterocycles. The lowest BCUT2D eigenvalue weighted by molar-refractivity contribution is 0.0953. The van der Waals surface area contributed by atoms with Crippen LogP contribution in [0.3, 0.4) is 0 Å². The van der Waals surface area contributed by atoms with Gasteiger partial charge in [-0.15, -0.1) is 0 Å². The van der Waals surface area contributed by atoms with E-state index < -0.39 is 6.09 Å². The number of carboxylic acid groups (broad SMARTS) is 1. The van der Waals surface area contributed by atoms with Crippen molar-refractivity contribution in [3.8, 4) is 6.07 Å². The second kappa shape index (κ2) is 11.1. The summed E-state index contributed by atoms with van der Waals surface area (Å²) in [5, 5.41) is 28.5. The largest absolute Gasteiger partial charge is 0.465 e. The lowest BCUT2D eigenvalue weighted by Crippen LogP contribution is -2.30. The van der Waals surface area contributed by atoms with Crippen molar-refractivity contribution in [2.75, 3.05) is 30.3 Å². The van der Waals surface area contributed by atoms with Gasteiger partial charge in [0.2, 0.25) is 5.95 Å². The zero-order chi connectivity index (χ0) is 21.1. The molecular formula is C19H23N7O3. The van der Waals surface area contributed by atoms with Crippen molar-refractivity contribution in [2.24, 2.45) is 0 Å². The standard InChI is InChI=1S/C19H23N7O3/c1-2-8-21-16-15(17(27)22-9-3-10-23-19(28)29)12-24-18(26-16)25-14-6-4-13(11-20)5-7-14/h4-7,12,23H,2-3,8-10H2,1H3,(H,22,27)(H,28,29)(H2,21,24,25,26). The second-order valence-corrected chi connectivity index (χ2v) is 6.04. The van der Waals surface area contributed by atoms with E-state index in [-0.39, 0.29) is 12.5 Å². The second-order valence-electron chi connectivity index (χ2n) is 6.04. The van der Waals surface area contributed by atoms with E-state index in [4.69, 9.17) is 10.4 Å². The molecule has 2 rings (SSSR count). The number of hydrogen-bond acceptors (Lipinski definition) is 7. The monoisotopic (exact) mass is 397 g/mol. The number of carbonyl (C=O) groups excluding carboxylic acids is 1. The minimum atomic E-state index is -1.10. The van der Waals surface area contributed by atoms with Gasteiger partial charge < -0.3 is 26.4 Å². The van der Waals surface area contributed by atoms with Crippen molar-refractivity contribution in [3.05, 3.63) is 41.6 Å². The molecule has 10 nitrogen and oxygen atoms in total. The van der Waals surface area contributed by atoms with Gasteiger partial charge in [0.25, 0.3) is 5.91 Å². The number of anilines is 3. The Balaban J connectivity index is 2.06. The molecule has 0 fully saturated rings. The third kappa shape index (κ3) is 6.99. The Hall–Kier alpha value is -3.87. The fourth-order valence-corrected chi connectivity index (χ4v) is 2.32. The lowest BCUT2D eigenvalue weighted by Gasteiger charge is -2.13. The molecule has 0 unspecified atom stereocenters. The number of benzene rings is 1. The number of nitriles is 1. The molecule has 152 valence electrons. The van der Waals surface area contributed by atoms with Crippen LogP contribution in [0.1, 0.15) is 35.7 Å². The fraction of sp³-hybridized carbons (Fsp3) is 0.316. The van der Waals surface area contributed by atoms with E-state index in [0.29, 0.717) is 48.1 Å². The van der Waals surface area contributed by atoms with Crippen molar-refractivity contribution in [3.63, 3.8) is 0 Å². The first-order chi connectivity index (χ1) is 14.0. The van der Waals surface area contributed by atoms with E-state index in [9.17, 15) is 9.59 Å². The van der Waals surface area contributed by atoms with Crippen LogP contribution in [0.25, 0.3) is 0 Å². The average Bonchev–Trinajstić information content (AvgIpc) is 2.72. The van der Waals surface area contributed by atoms with E-state index in [1.165, 1.54) is 6.20 Å². The van der Waals surface area contributed by atoms with Crippen LogP contribution < -0.4 is 21.3 Å². The molecule has 0 aliphatic rings. The zero-order valence-electron chi connectivity index (χ0n) is 16.0. The number of aromatic nitrogens is 2. The summed E-state index contributed by atoms with van der Waals surface area (Å²) in [6.45, 7) is 3.20. The number of nitrogens with one attached hydrogen (secondary N) is 4. The first-order valence-electron chi connectivity index (χ1n) is 9.16. The molecule has 10 heteroatoms. The van der Waals surface area contributed by atoms with Gasteiger partial charge in [-0.25, -0.2) is 9.78 Å². The van der Waals surface area contributed by atoms with Crippen LogP contribution in [-0.4, -0.2) is 46.7 Å². The van der Waals surface area contributed by atoms with Gasteiger partial charge in [0, 0.05) is 31.5 Å². The zero-order valence-corrected chi connectivity index (χ0v) is 16.0. The SMILES string of the molecule is CCCNc1nc(Nc2ccc(C#N)cc2)ncc1C(=O)NCCCNC(=O)O. The quantitative estimate of drug-likeness (QED) is 0.383. The van der Waals surface area contributed by atoms with Gasteiger partial charge in [-0.2, -0.15) is 10.2 Å². The van der Waals surface area contributed by atoms with E-state index in [0.717, 1.165) is 6.42 Å².